The molecule has 0 aromatic heterocycles. The van der Waals surface area contributed by atoms with Crippen LogP contribution in [0.3, 0.4) is 0 Å². The molecule has 2 aromatic carbocycles. The van der Waals surface area contributed by atoms with Gasteiger partial charge in [-0.05, 0) is 73.9 Å². The third-order valence-corrected chi connectivity index (χ3v) is 3.79. The van der Waals surface area contributed by atoms with Gasteiger partial charge in [-0.1, -0.05) is 18.5 Å². The molecule has 138 valence electrons. The van der Waals surface area contributed by atoms with Gasteiger partial charge in [-0.15, -0.1) is 0 Å². The van der Waals surface area contributed by atoms with Gasteiger partial charge in [-0.25, -0.2) is 5.43 Å². The van der Waals surface area contributed by atoms with Crippen molar-refractivity contribution in [1.82, 2.24) is 5.43 Å². The standard InChI is InChI=1S/C20H23ClN2O3/c1-4-11-25-18-8-5-16(6-9-18)13-22-23-20(24)15(3)26-19-10-7-17(21)12-14(19)2/h5-10,12-13,15H,4,11H2,1-3H3,(H,23,24)/t15-/m0/s1. The summed E-state index contributed by atoms with van der Waals surface area (Å²) in [6.07, 6.45) is 1.85. The summed E-state index contributed by atoms with van der Waals surface area (Å²) in [6.45, 7) is 6.29. The first-order chi connectivity index (χ1) is 12.5. The lowest BCUT2D eigenvalue weighted by molar-refractivity contribution is -0.127. The fraction of sp³-hybridized carbons (Fsp3) is 0.300. The zero-order chi connectivity index (χ0) is 18.9. The van der Waals surface area contributed by atoms with Gasteiger partial charge in [0.05, 0.1) is 12.8 Å². The number of nitrogens with one attached hydrogen (secondary N) is 1. The fourth-order valence-corrected chi connectivity index (χ4v) is 2.35. The highest BCUT2D eigenvalue weighted by molar-refractivity contribution is 6.30. The number of aryl methyl sites for hydroxylation is 1. The molecule has 0 aliphatic rings. The summed E-state index contributed by atoms with van der Waals surface area (Å²) in [5, 5.41) is 4.59. The lowest BCUT2D eigenvalue weighted by Gasteiger charge is -2.14. The normalized spacial score (nSPS) is 12.0. The van der Waals surface area contributed by atoms with Gasteiger partial charge >= 0.3 is 0 Å². The first-order valence-electron chi connectivity index (χ1n) is 8.48. The molecule has 0 aliphatic heterocycles. The second kappa shape index (κ2) is 9.82. The molecule has 0 saturated heterocycles. The number of rotatable bonds is 8. The van der Waals surface area contributed by atoms with E-state index in [1.54, 1.807) is 31.3 Å². The minimum absolute atomic E-state index is 0.335. The number of carbonyl (C=O) groups is 1. The van der Waals surface area contributed by atoms with E-state index in [1.807, 2.05) is 31.2 Å². The van der Waals surface area contributed by atoms with Crippen LogP contribution in [0.15, 0.2) is 47.6 Å². The molecule has 26 heavy (non-hydrogen) atoms. The van der Waals surface area contributed by atoms with E-state index in [1.165, 1.54) is 0 Å². The number of carbonyl (C=O) groups excluding carboxylic acids is 1. The Balaban J connectivity index is 1.85. The Morgan fingerprint density at radius 2 is 2.00 bits per heavy atom. The van der Waals surface area contributed by atoms with Crippen molar-refractivity contribution in [3.63, 3.8) is 0 Å². The van der Waals surface area contributed by atoms with Crippen LogP contribution in [-0.2, 0) is 4.79 Å². The van der Waals surface area contributed by atoms with Crippen molar-refractivity contribution in [2.45, 2.75) is 33.3 Å². The van der Waals surface area contributed by atoms with Crippen molar-refractivity contribution < 1.29 is 14.3 Å². The van der Waals surface area contributed by atoms with E-state index >= 15 is 0 Å². The van der Waals surface area contributed by atoms with Gasteiger partial charge < -0.3 is 9.47 Å². The number of nitrogens with zero attached hydrogens (tertiary/aromatic N) is 1. The van der Waals surface area contributed by atoms with Crippen molar-refractivity contribution in [1.29, 1.82) is 0 Å². The number of ether oxygens (including phenoxy) is 2. The fourth-order valence-electron chi connectivity index (χ4n) is 2.12. The highest BCUT2D eigenvalue weighted by Gasteiger charge is 2.15. The monoisotopic (exact) mass is 374 g/mol. The van der Waals surface area contributed by atoms with Crippen LogP contribution in [0, 0.1) is 6.92 Å². The smallest absolute Gasteiger partial charge is 0.280 e. The van der Waals surface area contributed by atoms with Crippen LogP contribution < -0.4 is 14.9 Å². The number of halogens is 1. The molecular weight excluding hydrogens is 352 g/mol. The molecule has 0 radical (unpaired) electrons. The third-order valence-electron chi connectivity index (χ3n) is 3.55. The zero-order valence-corrected chi connectivity index (χ0v) is 15.9. The zero-order valence-electron chi connectivity index (χ0n) is 15.2. The average molecular weight is 375 g/mol. The number of hydrogen-bond donors (Lipinski definition) is 1. The van der Waals surface area contributed by atoms with Crippen LogP contribution in [0.25, 0.3) is 0 Å². The topological polar surface area (TPSA) is 59.9 Å². The van der Waals surface area contributed by atoms with Crippen molar-refractivity contribution in [2.24, 2.45) is 5.10 Å². The SMILES string of the molecule is CCCOc1ccc(C=NNC(=O)[C@H](C)Oc2ccc(Cl)cc2C)cc1. The highest BCUT2D eigenvalue weighted by Crippen LogP contribution is 2.22. The predicted octanol–water partition coefficient (Wildman–Crippen LogP) is 4.35. The summed E-state index contributed by atoms with van der Waals surface area (Å²) in [6, 6.07) is 12.7. The number of benzene rings is 2. The van der Waals surface area contributed by atoms with Crippen LogP contribution in [0.5, 0.6) is 11.5 Å². The molecule has 5 nitrogen and oxygen atoms in total. The molecule has 0 aliphatic carbocycles. The Bertz CT molecular complexity index is 760. The van der Waals surface area contributed by atoms with Crippen molar-refractivity contribution in [2.75, 3.05) is 6.61 Å². The van der Waals surface area contributed by atoms with Crippen molar-refractivity contribution in [3.05, 3.63) is 58.6 Å². The van der Waals surface area contributed by atoms with E-state index in [-0.39, 0.29) is 5.91 Å². The highest BCUT2D eigenvalue weighted by atomic mass is 35.5. The van der Waals surface area contributed by atoms with Crippen LogP contribution in [0.2, 0.25) is 5.02 Å². The second-order valence-corrected chi connectivity index (χ2v) is 6.26. The number of amides is 1. The quantitative estimate of drug-likeness (QED) is 0.551. The molecule has 0 heterocycles. The molecule has 2 rings (SSSR count). The van der Waals surface area contributed by atoms with Crippen LogP contribution in [-0.4, -0.2) is 24.8 Å². The molecule has 0 spiro atoms. The first-order valence-corrected chi connectivity index (χ1v) is 8.86. The van der Waals surface area contributed by atoms with E-state index in [9.17, 15) is 4.79 Å². The maximum Gasteiger partial charge on any atom is 0.280 e. The predicted molar refractivity (Wildman–Crippen MR) is 104 cm³/mol. The molecule has 0 fully saturated rings. The van der Waals surface area contributed by atoms with Crippen LogP contribution in [0.1, 0.15) is 31.4 Å². The number of hydrogen-bond acceptors (Lipinski definition) is 4. The van der Waals surface area contributed by atoms with Crippen molar-refractivity contribution in [3.8, 4) is 11.5 Å². The number of hydrazone groups is 1. The Labute approximate surface area is 159 Å². The molecule has 1 atom stereocenters. The molecule has 2 aromatic rings. The van der Waals surface area contributed by atoms with Crippen LogP contribution >= 0.6 is 11.6 Å². The van der Waals surface area contributed by atoms with E-state index in [2.05, 4.69) is 17.5 Å². The summed E-state index contributed by atoms with van der Waals surface area (Å²) in [7, 11) is 0. The van der Waals surface area contributed by atoms with Crippen LogP contribution in [0.4, 0.5) is 0 Å². The Morgan fingerprint density at radius 1 is 1.27 bits per heavy atom. The maximum absolute atomic E-state index is 12.1. The van der Waals surface area contributed by atoms with Gasteiger partial charge in [-0.2, -0.15) is 5.10 Å². The molecule has 0 bridgehead atoms. The summed E-state index contributed by atoms with van der Waals surface area (Å²) in [5.74, 6) is 1.09. The van der Waals surface area contributed by atoms with E-state index < -0.39 is 6.10 Å². The molecule has 1 N–H and O–H groups in total. The van der Waals surface area contributed by atoms with Gasteiger partial charge in [0.15, 0.2) is 6.10 Å². The van der Waals surface area contributed by atoms with Gasteiger partial charge in [0.1, 0.15) is 11.5 Å². The van der Waals surface area contributed by atoms with E-state index in [4.69, 9.17) is 21.1 Å². The largest absolute Gasteiger partial charge is 0.494 e. The maximum atomic E-state index is 12.1. The lowest BCUT2D eigenvalue weighted by Crippen LogP contribution is -2.33. The summed E-state index contributed by atoms with van der Waals surface area (Å²) in [5.41, 5.74) is 4.20. The minimum atomic E-state index is -0.683. The first kappa shape index (κ1) is 19.8. The molecule has 1 amide bonds. The second-order valence-electron chi connectivity index (χ2n) is 5.82. The molecule has 0 unspecified atom stereocenters. The van der Waals surface area contributed by atoms with Gasteiger partial charge in [0.2, 0.25) is 0 Å². The average Bonchev–Trinajstić information content (AvgIpc) is 2.63. The Morgan fingerprint density at radius 3 is 2.65 bits per heavy atom. The van der Waals surface area contributed by atoms with E-state index in [0.717, 1.165) is 23.3 Å². The summed E-state index contributed by atoms with van der Waals surface area (Å²) >= 11 is 5.92. The molecule has 6 heteroatoms. The third kappa shape index (κ3) is 6.08. The molecular formula is C20H23ClN2O3. The Kier molecular flexibility index (Phi) is 7.48. The minimum Gasteiger partial charge on any atom is -0.494 e. The molecule has 0 saturated carbocycles. The van der Waals surface area contributed by atoms with Gasteiger partial charge in [0.25, 0.3) is 5.91 Å². The lowest BCUT2D eigenvalue weighted by atomic mass is 10.2. The summed E-state index contributed by atoms with van der Waals surface area (Å²) < 4.78 is 11.2. The Hall–Kier alpha value is -2.53. The summed E-state index contributed by atoms with van der Waals surface area (Å²) in [4.78, 5) is 12.1. The van der Waals surface area contributed by atoms with Gasteiger partial charge in [0, 0.05) is 5.02 Å². The van der Waals surface area contributed by atoms with Crippen molar-refractivity contribution >= 4 is 23.7 Å². The van der Waals surface area contributed by atoms with E-state index in [0.29, 0.717) is 17.4 Å². The van der Waals surface area contributed by atoms with Gasteiger partial charge in [-0.3, -0.25) is 4.79 Å².